The fourth-order valence-electron chi connectivity index (χ4n) is 1.38. The Balaban J connectivity index is 2.39. The van der Waals surface area contributed by atoms with Crippen LogP contribution in [0.5, 0.6) is 0 Å². The van der Waals surface area contributed by atoms with Gasteiger partial charge in [-0.1, -0.05) is 0 Å². The summed E-state index contributed by atoms with van der Waals surface area (Å²) in [5.41, 5.74) is 1.04. The number of hydrazine groups is 1. The normalized spacial score (nSPS) is 10.4. The lowest BCUT2D eigenvalue weighted by atomic mass is 10.1. The minimum absolute atomic E-state index is 0.353. The molecular formula is C11H10N2O3. The molecule has 2 N–H and O–H groups in total. The Bertz CT molecular complexity index is 559. The van der Waals surface area contributed by atoms with Crippen LogP contribution >= 0.6 is 0 Å². The minimum Gasteiger partial charge on any atom is -0.464 e. The van der Waals surface area contributed by atoms with Gasteiger partial charge in [0.2, 0.25) is 5.91 Å². The molecule has 0 bridgehead atoms. The quantitative estimate of drug-likeness (QED) is 0.444. The first-order valence-electron chi connectivity index (χ1n) is 4.66. The maximum Gasteiger partial charge on any atom is 0.274 e. The van der Waals surface area contributed by atoms with E-state index < -0.39 is 11.8 Å². The van der Waals surface area contributed by atoms with Crippen molar-refractivity contribution in [2.75, 3.05) is 0 Å². The smallest absolute Gasteiger partial charge is 0.274 e. The van der Waals surface area contributed by atoms with E-state index in [1.54, 1.807) is 24.3 Å². The minimum atomic E-state index is -0.532. The second-order valence-electron chi connectivity index (χ2n) is 3.37. The van der Waals surface area contributed by atoms with Crippen LogP contribution in [-0.4, -0.2) is 16.8 Å². The van der Waals surface area contributed by atoms with E-state index in [9.17, 15) is 9.59 Å². The molecule has 0 aliphatic rings. The molecule has 0 saturated carbocycles. The van der Waals surface area contributed by atoms with Crippen molar-refractivity contribution in [1.29, 1.82) is 0 Å². The highest BCUT2D eigenvalue weighted by Gasteiger charge is 2.16. The van der Waals surface area contributed by atoms with Crippen LogP contribution in [0.25, 0.3) is 11.0 Å². The molecule has 0 aliphatic carbocycles. The molecule has 16 heavy (non-hydrogen) atoms. The third-order valence-electron chi connectivity index (χ3n) is 2.26. The number of carbonyl (C=O) groups excluding carboxylic acids is 2. The van der Waals surface area contributed by atoms with Crippen LogP contribution in [0.15, 0.2) is 34.9 Å². The number of hydrogen-bond donors (Lipinski definition) is 1. The zero-order valence-electron chi connectivity index (χ0n) is 8.64. The molecule has 2 rings (SSSR count). The fraction of sp³-hybridized carbons (Fsp3) is 0.0909. The first-order chi connectivity index (χ1) is 7.59. The molecule has 5 nitrogen and oxygen atoms in total. The van der Waals surface area contributed by atoms with Crippen LogP contribution in [0.1, 0.15) is 17.3 Å². The van der Waals surface area contributed by atoms with Crippen molar-refractivity contribution in [3.05, 3.63) is 36.1 Å². The Morgan fingerprint density at radius 2 is 2.06 bits per heavy atom. The summed E-state index contributed by atoms with van der Waals surface area (Å²) in [5.74, 6) is 4.29. The van der Waals surface area contributed by atoms with Gasteiger partial charge in [-0.05, 0) is 24.3 Å². The van der Waals surface area contributed by atoms with Crippen molar-refractivity contribution in [1.82, 2.24) is 5.01 Å². The molecule has 1 aromatic heterocycles. The number of fused-ring (bicyclic) bond motifs is 1. The van der Waals surface area contributed by atoms with E-state index in [-0.39, 0.29) is 0 Å². The molecular weight excluding hydrogens is 208 g/mol. The molecule has 82 valence electrons. The molecule has 0 saturated heterocycles. The predicted octanol–water partition coefficient (Wildman–Crippen LogP) is 1.30. The highest BCUT2D eigenvalue weighted by Crippen LogP contribution is 2.17. The summed E-state index contributed by atoms with van der Waals surface area (Å²) in [6.45, 7) is 1.23. The summed E-state index contributed by atoms with van der Waals surface area (Å²) >= 11 is 0. The van der Waals surface area contributed by atoms with Crippen molar-refractivity contribution in [2.24, 2.45) is 5.84 Å². The number of furan rings is 1. The maximum atomic E-state index is 11.7. The Labute approximate surface area is 91.4 Å². The molecule has 0 aliphatic heterocycles. The number of amides is 2. The second-order valence-corrected chi connectivity index (χ2v) is 3.37. The fourth-order valence-corrected chi connectivity index (χ4v) is 1.38. The Morgan fingerprint density at radius 3 is 2.75 bits per heavy atom. The van der Waals surface area contributed by atoms with E-state index in [1.165, 1.54) is 13.2 Å². The van der Waals surface area contributed by atoms with Gasteiger partial charge >= 0.3 is 0 Å². The topological polar surface area (TPSA) is 76.5 Å². The first-order valence-corrected chi connectivity index (χ1v) is 4.66. The zero-order valence-corrected chi connectivity index (χ0v) is 8.64. The predicted molar refractivity (Wildman–Crippen MR) is 57.3 cm³/mol. The van der Waals surface area contributed by atoms with Gasteiger partial charge in [0.05, 0.1) is 6.26 Å². The highest BCUT2D eigenvalue weighted by molar-refractivity contribution is 6.05. The van der Waals surface area contributed by atoms with Crippen molar-refractivity contribution >= 4 is 22.8 Å². The molecule has 2 amide bonds. The highest BCUT2D eigenvalue weighted by atomic mass is 16.3. The van der Waals surface area contributed by atoms with Crippen LogP contribution < -0.4 is 5.84 Å². The summed E-state index contributed by atoms with van der Waals surface area (Å²) in [6, 6.07) is 6.60. The van der Waals surface area contributed by atoms with Gasteiger partial charge in [-0.3, -0.25) is 9.59 Å². The van der Waals surface area contributed by atoms with Crippen molar-refractivity contribution < 1.29 is 14.0 Å². The van der Waals surface area contributed by atoms with E-state index in [2.05, 4.69) is 0 Å². The number of imide groups is 1. The molecule has 0 fully saturated rings. The summed E-state index contributed by atoms with van der Waals surface area (Å²) in [4.78, 5) is 22.6. The van der Waals surface area contributed by atoms with Gasteiger partial charge in [0.25, 0.3) is 5.91 Å². The van der Waals surface area contributed by atoms with E-state index in [0.29, 0.717) is 16.2 Å². The molecule has 0 radical (unpaired) electrons. The molecule has 0 spiro atoms. The lowest BCUT2D eigenvalue weighted by Gasteiger charge is -2.11. The van der Waals surface area contributed by atoms with Gasteiger partial charge in [0.1, 0.15) is 5.58 Å². The van der Waals surface area contributed by atoms with Crippen LogP contribution in [0.4, 0.5) is 0 Å². The summed E-state index contributed by atoms with van der Waals surface area (Å²) < 4.78 is 5.14. The first kappa shape index (κ1) is 10.4. The lowest BCUT2D eigenvalue weighted by molar-refractivity contribution is -0.126. The van der Waals surface area contributed by atoms with Gasteiger partial charge < -0.3 is 4.42 Å². The Morgan fingerprint density at radius 1 is 1.31 bits per heavy atom. The number of benzene rings is 1. The lowest BCUT2D eigenvalue weighted by Crippen LogP contribution is -2.41. The number of hydrogen-bond acceptors (Lipinski definition) is 4. The van der Waals surface area contributed by atoms with Crippen LogP contribution in [-0.2, 0) is 4.79 Å². The molecule has 2 aromatic rings. The van der Waals surface area contributed by atoms with Crippen molar-refractivity contribution in [3.63, 3.8) is 0 Å². The number of nitrogens with two attached hydrogens (primary N) is 1. The van der Waals surface area contributed by atoms with Gasteiger partial charge in [-0.25, -0.2) is 10.9 Å². The van der Waals surface area contributed by atoms with Gasteiger partial charge in [0, 0.05) is 17.9 Å². The summed E-state index contributed by atoms with van der Waals surface area (Å²) in [6.07, 6.45) is 1.53. The van der Waals surface area contributed by atoms with E-state index in [4.69, 9.17) is 10.3 Å². The number of rotatable bonds is 1. The molecule has 5 heteroatoms. The third kappa shape index (κ3) is 1.68. The second kappa shape index (κ2) is 3.79. The van der Waals surface area contributed by atoms with Gasteiger partial charge in [-0.2, -0.15) is 0 Å². The Kier molecular flexibility index (Phi) is 2.46. The SMILES string of the molecule is CC(=O)N(N)C(=O)c1ccc2occc2c1. The number of nitrogens with zero attached hydrogens (tertiary/aromatic N) is 1. The molecule has 0 atom stereocenters. The zero-order chi connectivity index (χ0) is 11.7. The molecule has 1 aromatic carbocycles. The van der Waals surface area contributed by atoms with Gasteiger partial charge in [-0.15, -0.1) is 0 Å². The van der Waals surface area contributed by atoms with Crippen LogP contribution in [0.2, 0.25) is 0 Å². The van der Waals surface area contributed by atoms with Crippen LogP contribution in [0, 0.1) is 0 Å². The van der Waals surface area contributed by atoms with Crippen LogP contribution in [0.3, 0.4) is 0 Å². The Hall–Kier alpha value is -2.14. The van der Waals surface area contributed by atoms with Gasteiger partial charge in [0.15, 0.2) is 0 Å². The van der Waals surface area contributed by atoms with E-state index in [0.717, 1.165) is 5.39 Å². The standard InChI is InChI=1S/C11H10N2O3/c1-7(14)13(12)11(15)9-2-3-10-8(6-9)4-5-16-10/h2-6H,12H2,1H3. The molecule has 1 heterocycles. The summed E-state index contributed by atoms with van der Waals surface area (Å²) in [5, 5.41) is 1.38. The van der Waals surface area contributed by atoms with E-state index >= 15 is 0 Å². The average Bonchev–Trinajstić information content (AvgIpc) is 2.73. The third-order valence-corrected chi connectivity index (χ3v) is 2.26. The van der Waals surface area contributed by atoms with Crippen molar-refractivity contribution in [3.8, 4) is 0 Å². The average molecular weight is 218 g/mol. The van der Waals surface area contributed by atoms with E-state index in [1.807, 2.05) is 0 Å². The maximum absolute atomic E-state index is 11.7. The largest absolute Gasteiger partial charge is 0.464 e. The number of carbonyl (C=O) groups is 2. The monoisotopic (exact) mass is 218 g/mol. The summed E-state index contributed by atoms with van der Waals surface area (Å²) in [7, 11) is 0. The van der Waals surface area contributed by atoms with Crippen molar-refractivity contribution in [2.45, 2.75) is 6.92 Å². The molecule has 0 unspecified atom stereocenters.